The van der Waals surface area contributed by atoms with Crippen molar-refractivity contribution in [2.45, 2.75) is 25.0 Å². The highest BCUT2D eigenvalue weighted by Crippen LogP contribution is 2.21. The SMILES string of the molecule is N#CCc1cc(C(O)C(O)CC(=O)O)ccc1F. The topological polar surface area (TPSA) is 102 Å². The highest BCUT2D eigenvalue weighted by molar-refractivity contribution is 5.67. The molecule has 0 saturated carbocycles. The van der Waals surface area contributed by atoms with Crippen LogP contribution >= 0.6 is 0 Å². The van der Waals surface area contributed by atoms with Gasteiger partial charge >= 0.3 is 5.97 Å². The van der Waals surface area contributed by atoms with Gasteiger partial charge in [-0.3, -0.25) is 4.79 Å². The Morgan fingerprint density at radius 2 is 2.11 bits per heavy atom. The molecule has 2 unspecified atom stereocenters. The number of rotatable bonds is 5. The molecule has 0 saturated heterocycles. The fraction of sp³-hybridized carbons (Fsp3) is 0.333. The van der Waals surface area contributed by atoms with Crippen molar-refractivity contribution < 1.29 is 24.5 Å². The van der Waals surface area contributed by atoms with E-state index in [1.807, 2.05) is 0 Å². The number of hydrogen-bond acceptors (Lipinski definition) is 4. The number of halogens is 1. The van der Waals surface area contributed by atoms with Crippen molar-refractivity contribution in [3.8, 4) is 6.07 Å². The van der Waals surface area contributed by atoms with E-state index in [1.54, 1.807) is 6.07 Å². The molecule has 0 aromatic heterocycles. The third-order valence-corrected chi connectivity index (χ3v) is 2.43. The van der Waals surface area contributed by atoms with Crippen molar-refractivity contribution in [3.05, 3.63) is 35.1 Å². The highest BCUT2D eigenvalue weighted by atomic mass is 19.1. The van der Waals surface area contributed by atoms with Crippen molar-refractivity contribution in [1.29, 1.82) is 5.26 Å². The minimum absolute atomic E-state index is 0.0941. The summed E-state index contributed by atoms with van der Waals surface area (Å²) in [4.78, 5) is 10.4. The van der Waals surface area contributed by atoms with Gasteiger partial charge in [0.15, 0.2) is 0 Å². The Bertz CT molecular complexity index is 483. The smallest absolute Gasteiger partial charge is 0.306 e. The molecule has 2 atom stereocenters. The summed E-state index contributed by atoms with van der Waals surface area (Å²) in [5.74, 6) is -1.83. The fourth-order valence-corrected chi connectivity index (χ4v) is 1.51. The Balaban J connectivity index is 2.92. The van der Waals surface area contributed by atoms with Crippen LogP contribution in [0.1, 0.15) is 23.7 Å². The van der Waals surface area contributed by atoms with Gasteiger partial charge in [-0.1, -0.05) is 6.07 Å². The van der Waals surface area contributed by atoms with E-state index < -0.39 is 30.4 Å². The van der Waals surface area contributed by atoms with Crippen molar-refractivity contribution in [3.63, 3.8) is 0 Å². The van der Waals surface area contributed by atoms with Crippen molar-refractivity contribution >= 4 is 5.97 Å². The van der Waals surface area contributed by atoms with Crippen molar-refractivity contribution in [2.75, 3.05) is 0 Å². The standard InChI is InChI=1S/C12H12FNO4/c13-9-2-1-8(5-7(9)3-4-14)12(18)10(15)6-11(16)17/h1-2,5,10,12,15,18H,3,6H2,(H,16,17). The zero-order chi connectivity index (χ0) is 13.7. The van der Waals surface area contributed by atoms with E-state index in [1.165, 1.54) is 12.1 Å². The van der Waals surface area contributed by atoms with Gasteiger partial charge in [0.25, 0.3) is 0 Å². The summed E-state index contributed by atoms with van der Waals surface area (Å²) in [7, 11) is 0. The van der Waals surface area contributed by atoms with E-state index in [0.29, 0.717) is 0 Å². The molecule has 0 fully saturated rings. The third kappa shape index (κ3) is 3.52. The summed E-state index contributed by atoms with van der Waals surface area (Å²) in [6, 6.07) is 5.33. The molecule has 0 aliphatic heterocycles. The van der Waals surface area contributed by atoms with Crippen LogP contribution in [-0.2, 0) is 11.2 Å². The third-order valence-electron chi connectivity index (χ3n) is 2.43. The molecule has 18 heavy (non-hydrogen) atoms. The predicted molar refractivity (Wildman–Crippen MR) is 58.9 cm³/mol. The monoisotopic (exact) mass is 253 g/mol. The zero-order valence-corrected chi connectivity index (χ0v) is 9.38. The Hall–Kier alpha value is -1.97. The van der Waals surface area contributed by atoms with Gasteiger partial charge in [0.2, 0.25) is 0 Å². The summed E-state index contributed by atoms with van der Waals surface area (Å²) in [6.07, 6.45) is -3.70. The lowest BCUT2D eigenvalue weighted by Gasteiger charge is -2.17. The molecule has 1 aromatic rings. The first-order valence-electron chi connectivity index (χ1n) is 5.19. The summed E-state index contributed by atoms with van der Waals surface area (Å²) in [5.41, 5.74) is 0.270. The second kappa shape index (κ2) is 6.10. The predicted octanol–water partition coefficient (Wildman–Crippen LogP) is 0.761. The molecule has 6 heteroatoms. The molecule has 0 aliphatic rings. The molecule has 0 spiro atoms. The van der Waals surface area contributed by atoms with Gasteiger partial charge in [0, 0.05) is 5.56 Å². The lowest BCUT2D eigenvalue weighted by molar-refractivity contribution is -0.141. The van der Waals surface area contributed by atoms with Gasteiger partial charge in [0.1, 0.15) is 11.9 Å². The summed E-state index contributed by atoms with van der Waals surface area (Å²) < 4.78 is 13.2. The van der Waals surface area contributed by atoms with Gasteiger partial charge in [-0.15, -0.1) is 0 Å². The van der Waals surface area contributed by atoms with Gasteiger partial charge in [-0.2, -0.15) is 5.26 Å². The summed E-state index contributed by atoms with van der Waals surface area (Å²) in [5, 5.41) is 36.1. The lowest BCUT2D eigenvalue weighted by atomic mass is 9.99. The van der Waals surface area contributed by atoms with Crippen LogP contribution in [0.15, 0.2) is 18.2 Å². The van der Waals surface area contributed by atoms with Gasteiger partial charge in [-0.05, 0) is 17.7 Å². The maximum atomic E-state index is 13.2. The zero-order valence-electron chi connectivity index (χ0n) is 9.38. The second-order valence-electron chi connectivity index (χ2n) is 3.80. The Kier molecular flexibility index (Phi) is 4.77. The summed E-state index contributed by atoms with van der Waals surface area (Å²) in [6.45, 7) is 0. The van der Waals surface area contributed by atoms with Crippen LogP contribution < -0.4 is 0 Å². The van der Waals surface area contributed by atoms with Gasteiger partial charge in [0.05, 0.1) is 25.0 Å². The van der Waals surface area contributed by atoms with Gasteiger partial charge in [-0.25, -0.2) is 4.39 Å². The second-order valence-corrected chi connectivity index (χ2v) is 3.80. The number of hydrogen-bond donors (Lipinski definition) is 3. The number of nitriles is 1. The first kappa shape index (κ1) is 14.1. The Labute approximate surface area is 103 Å². The van der Waals surface area contributed by atoms with Crippen LogP contribution in [0, 0.1) is 17.1 Å². The molecule has 1 aromatic carbocycles. The van der Waals surface area contributed by atoms with Crippen LogP contribution in [0.3, 0.4) is 0 Å². The van der Waals surface area contributed by atoms with Crippen LogP contribution in [0.25, 0.3) is 0 Å². The molecule has 96 valence electrons. The lowest BCUT2D eigenvalue weighted by Crippen LogP contribution is -2.22. The first-order valence-corrected chi connectivity index (χ1v) is 5.19. The maximum Gasteiger partial charge on any atom is 0.306 e. The molecular weight excluding hydrogens is 241 g/mol. The number of aliphatic carboxylic acids is 1. The highest BCUT2D eigenvalue weighted by Gasteiger charge is 2.21. The average Bonchev–Trinajstić information content (AvgIpc) is 2.30. The Morgan fingerprint density at radius 3 is 2.67 bits per heavy atom. The molecule has 5 nitrogen and oxygen atoms in total. The molecule has 1 rings (SSSR count). The number of carbonyl (C=O) groups is 1. The molecule has 0 heterocycles. The largest absolute Gasteiger partial charge is 0.481 e. The fourth-order valence-electron chi connectivity index (χ4n) is 1.51. The minimum Gasteiger partial charge on any atom is -0.481 e. The molecule has 3 N–H and O–H groups in total. The quantitative estimate of drug-likeness (QED) is 0.719. The molecule has 0 aliphatic carbocycles. The van der Waals surface area contributed by atoms with Crippen LogP contribution in [0.2, 0.25) is 0 Å². The number of aliphatic hydroxyl groups excluding tert-OH is 2. The number of carboxylic acid groups (broad SMARTS) is 1. The number of nitrogens with zero attached hydrogens (tertiary/aromatic N) is 1. The van der Waals surface area contributed by atoms with Crippen molar-refractivity contribution in [1.82, 2.24) is 0 Å². The van der Waals surface area contributed by atoms with E-state index in [-0.39, 0.29) is 17.5 Å². The van der Waals surface area contributed by atoms with E-state index in [4.69, 9.17) is 10.4 Å². The maximum absolute atomic E-state index is 13.2. The van der Waals surface area contributed by atoms with E-state index >= 15 is 0 Å². The number of benzene rings is 1. The van der Waals surface area contributed by atoms with Crippen LogP contribution in [0.4, 0.5) is 4.39 Å². The van der Waals surface area contributed by atoms with E-state index in [2.05, 4.69) is 0 Å². The number of aliphatic hydroxyl groups is 2. The van der Waals surface area contributed by atoms with Crippen molar-refractivity contribution in [2.24, 2.45) is 0 Å². The molecular formula is C12H12FNO4. The normalized spacial score (nSPS) is 13.7. The van der Waals surface area contributed by atoms with Crippen LogP contribution in [-0.4, -0.2) is 27.4 Å². The van der Waals surface area contributed by atoms with Gasteiger partial charge < -0.3 is 15.3 Å². The minimum atomic E-state index is -1.48. The molecule has 0 radical (unpaired) electrons. The van der Waals surface area contributed by atoms with E-state index in [9.17, 15) is 19.4 Å². The van der Waals surface area contributed by atoms with E-state index in [0.717, 1.165) is 6.07 Å². The summed E-state index contributed by atoms with van der Waals surface area (Å²) >= 11 is 0. The molecule has 0 bridgehead atoms. The first-order chi connectivity index (χ1) is 8.45. The average molecular weight is 253 g/mol. The number of carboxylic acids is 1. The Morgan fingerprint density at radius 1 is 1.44 bits per heavy atom. The molecule has 0 amide bonds. The van der Waals surface area contributed by atoms with Crippen LogP contribution in [0.5, 0.6) is 0 Å².